The molecule has 1 aliphatic heterocycles. The van der Waals surface area contributed by atoms with Crippen LogP contribution in [0.25, 0.3) is 0 Å². The van der Waals surface area contributed by atoms with Gasteiger partial charge in [0, 0.05) is 35.6 Å². The highest BCUT2D eigenvalue weighted by Gasteiger charge is 2.38. The van der Waals surface area contributed by atoms with Gasteiger partial charge in [-0.1, -0.05) is 27.7 Å². The highest BCUT2D eigenvalue weighted by atomic mass is 33.1. The van der Waals surface area contributed by atoms with Crippen molar-refractivity contribution in [2.45, 2.75) is 19.0 Å². The van der Waals surface area contributed by atoms with E-state index in [-0.39, 0.29) is 12.3 Å². The summed E-state index contributed by atoms with van der Waals surface area (Å²) in [4.78, 5) is 31.4. The normalized spacial score (nSPS) is 12.2. The number of aliphatic carboxylic acids is 2. The quantitative estimate of drug-likeness (QED) is 0.417. The van der Waals surface area contributed by atoms with Gasteiger partial charge in [-0.15, -0.1) is 0 Å². The van der Waals surface area contributed by atoms with E-state index in [0.717, 1.165) is 23.5 Å². The van der Waals surface area contributed by atoms with E-state index in [0.29, 0.717) is 24.5 Å². The molecule has 0 spiro atoms. The third-order valence-corrected chi connectivity index (χ3v) is 5.59. The van der Waals surface area contributed by atoms with Crippen molar-refractivity contribution in [2.75, 3.05) is 24.7 Å². The number of benzene rings is 1. The van der Waals surface area contributed by atoms with Crippen LogP contribution in [-0.4, -0.2) is 58.9 Å². The SMILES string of the molecule is O=C(O)C(F)(F)F.O=C(O)CCSSCCNC(=O)c1cccc2c1CCO2. The maximum atomic E-state index is 12.1. The number of carbonyl (C=O) groups is 3. The van der Waals surface area contributed by atoms with Gasteiger partial charge in [0.15, 0.2) is 0 Å². The van der Waals surface area contributed by atoms with E-state index >= 15 is 0 Å². The fourth-order valence-electron chi connectivity index (χ4n) is 1.98. The Morgan fingerprint density at radius 2 is 1.79 bits per heavy atom. The number of alkyl halides is 3. The highest BCUT2D eigenvalue weighted by molar-refractivity contribution is 8.76. The number of fused-ring (bicyclic) bond motifs is 1. The Morgan fingerprint density at radius 1 is 1.14 bits per heavy atom. The molecule has 0 aliphatic carbocycles. The largest absolute Gasteiger partial charge is 0.493 e. The van der Waals surface area contributed by atoms with Crippen molar-refractivity contribution < 1.29 is 42.5 Å². The number of halogens is 3. The van der Waals surface area contributed by atoms with E-state index in [1.165, 1.54) is 10.8 Å². The molecule has 0 atom stereocenters. The summed E-state index contributed by atoms with van der Waals surface area (Å²) >= 11 is 0. The lowest BCUT2D eigenvalue weighted by molar-refractivity contribution is -0.192. The summed E-state index contributed by atoms with van der Waals surface area (Å²) in [6, 6.07) is 5.53. The number of hydrogen-bond donors (Lipinski definition) is 3. The van der Waals surface area contributed by atoms with E-state index in [4.69, 9.17) is 19.7 Å². The van der Waals surface area contributed by atoms with Gasteiger partial charge in [-0.3, -0.25) is 9.59 Å². The first kappa shape index (κ1) is 24.0. The van der Waals surface area contributed by atoms with Gasteiger partial charge in [0.05, 0.1) is 13.0 Å². The molecule has 2 rings (SSSR count). The molecule has 1 aromatic carbocycles. The smallest absolute Gasteiger partial charge is 0.490 e. The first-order valence-corrected chi connectivity index (χ1v) is 10.4. The number of rotatable bonds is 8. The highest BCUT2D eigenvalue weighted by Crippen LogP contribution is 2.28. The van der Waals surface area contributed by atoms with Gasteiger partial charge in [-0.2, -0.15) is 13.2 Å². The molecule has 3 N–H and O–H groups in total. The van der Waals surface area contributed by atoms with Crippen LogP contribution in [0.15, 0.2) is 18.2 Å². The minimum atomic E-state index is -5.08. The molecule has 0 saturated carbocycles. The Morgan fingerprint density at radius 3 is 2.39 bits per heavy atom. The van der Waals surface area contributed by atoms with Crippen molar-refractivity contribution >= 4 is 39.4 Å². The molecular formula is C16H18F3NO6S2. The Balaban J connectivity index is 0.000000480. The van der Waals surface area contributed by atoms with Crippen molar-refractivity contribution in [3.8, 4) is 5.75 Å². The van der Waals surface area contributed by atoms with Crippen LogP contribution in [0.3, 0.4) is 0 Å². The second-order valence-electron chi connectivity index (χ2n) is 5.23. The van der Waals surface area contributed by atoms with Crippen LogP contribution >= 0.6 is 21.6 Å². The summed E-state index contributed by atoms with van der Waals surface area (Å²) in [6.45, 7) is 1.20. The minimum Gasteiger partial charge on any atom is -0.493 e. The average Bonchev–Trinajstić information content (AvgIpc) is 3.08. The molecule has 1 heterocycles. The van der Waals surface area contributed by atoms with Crippen LogP contribution in [0.2, 0.25) is 0 Å². The molecule has 1 aromatic rings. The van der Waals surface area contributed by atoms with Crippen LogP contribution in [0, 0.1) is 0 Å². The molecule has 28 heavy (non-hydrogen) atoms. The first-order valence-electron chi connectivity index (χ1n) is 7.92. The molecule has 7 nitrogen and oxygen atoms in total. The summed E-state index contributed by atoms with van der Waals surface area (Å²) < 4.78 is 37.2. The summed E-state index contributed by atoms with van der Waals surface area (Å²) in [6.07, 6.45) is -4.14. The van der Waals surface area contributed by atoms with Crippen molar-refractivity contribution in [1.29, 1.82) is 0 Å². The fraction of sp³-hybridized carbons (Fsp3) is 0.438. The van der Waals surface area contributed by atoms with Gasteiger partial charge in [-0.05, 0) is 12.1 Å². The molecule has 0 saturated heterocycles. The fourth-order valence-corrected chi connectivity index (χ4v) is 3.87. The third-order valence-electron chi connectivity index (χ3n) is 3.18. The number of carboxylic acid groups (broad SMARTS) is 2. The number of nitrogens with one attached hydrogen (secondary N) is 1. The topological polar surface area (TPSA) is 113 Å². The number of carbonyl (C=O) groups excluding carboxylic acids is 1. The van der Waals surface area contributed by atoms with Gasteiger partial charge >= 0.3 is 18.1 Å². The van der Waals surface area contributed by atoms with Crippen molar-refractivity contribution in [3.05, 3.63) is 29.3 Å². The number of amides is 1. The zero-order chi connectivity index (χ0) is 21.2. The molecule has 0 aromatic heterocycles. The van der Waals surface area contributed by atoms with Gasteiger partial charge in [0.1, 0.15) is 5.75 Å². The Bertz CT molecular complexity index is 699. The van der Waals surface area contributed by atoms with Crippen molar-refractivity contribution in [3.63, 3.8) is 0 Å². The van der Waals surface area contributed by atoms with E-state index in [1.807, 2.05) is 18.2 Å². The van der Waals surface area contributed by atoms with Gasteiger partial charge in [0.2, 0.25) is 0 Å². The second kappa shape index (κ2) is 11.7. The molecule has 0 fully saturated rings. The lowest BCUT2D eigenvalue weighted by Crippen LogP contribution is -2.26. The third kappa shape index (κ3) is 8.74. The maximum Gasteiger partial charge on any atom is 0.490 e. The molecule has 0 radical (unpaired) electrons. The van der Waals surface area contributed by atoms with E-state index < -0.39 is 18.1 Å². The molecule has 156 valence electrons. The number of hydrogen-bond acceptors (Lipinski definition) is 6. The second-order valence-corrected chi connectivity index (χ2v) is 7.93. The van der Waals surface area contributed by atoms with E-state index in [2.05, 4.69) is 5.32 Å². The molecule has 0 unspecified atom stereocenters. The number of ether oxygens (including phenoxy) is 1. The molecule has 12 heteroatoms. The zero-order valence-corrected chi connectivity index (χ0v) is 16.1. The number of carboxylic acids is 2. The van der Waals surface area contributed by atoms with Crippen molar-refractivity contribution in [1.82, 2.24) is 5.32 Å². The monoisotopic (exact) mass is 441 g/mol. The van der Waals surface area contributed by atoms with Gasteiger partial charge < -0.3 is 20.3 Å². The zero-order valence-electron chi connectivity index (χ0n) is 14.5. The molecule has 0 bridgehead atoms. The van der Waals surface area contributed by atoms with Crippen molar-refractivity contribution in [2.24, 2.45) is 0 Å². The Labute approximate surface area is 166 Å². The van der Waals surface area contributed by atoms with Gasteiger partial charge in [-0.25, -0.2) is 4.79 Å². The standard InChI is InChI=1S/C14H17NO4S2.C2HF3O2/c16-13(17)5-8-20-21-9-6-15-14(18)11-2-1-3-12-10(11)4-7-19-12;3-2(4,5)1(6)7/h1-3H,4-9H2,(H,15,18)(H,16,17);(H,6,7). The lowest BCUT2D eigenvalue weighted by atomic mass is 10.0. The molecule has 1 aliphatic rings. The van der Waals surface area contributed by atoms with Gasteiger partial charge in [0.25, 0.3) is 5.91 Å². The summed E-state index contributed by atoms with van der Waals surface area (Å²) in [5.41, 5.74) is 1.67. The summed E-state index contributed by atoms with van der Waals surface area (Å²) in [5, 5.41) is 18.5. The predicted molar refractivity (Wildman–Crippen MR) is 98.8 cm³/mol. The molecule has 1 amide bonds. The van der Waals surface area contributed by atoms with Crippen LogP contribution < -0.4 is 10.1 Å². The van der Waals surface area contributed by atoms with Crippen LogP contribution in [0.4, 0.5) is 13.2 Å². The van der Waals surface area contributed by atoms with E-state index in [9.17, 15) is 22.8 Å². The van der Waals surface area contributed by atoms with Crippen LogP contribution in [0.1, 0.15) is 22.3 Å². The minimum absolute atomic E-state index is 0.0755. The molecular weight excluding hydrogens is 423 g/mol. The predicted octanol–water partition coefficient (Wildman–Crippen LogP) is 2.84. The summed E-state index contributed by atoms with van der Waals surface area (Å²) in [7, 11) is 3.09. The Kier molecular flexibility index (Phi) is 10.0. The van der Waals surface area contributed by atoms with Crippen LogP contribution in [-0.2, 0) is 16.0 Å². The maximum absolute atomic E-state index is 12.1. The summed E-state index contributed by atoms with van der Waals surface area (Å²) in [5.74, 6) is -1.47. The lowest BCUT2D eigenvalue weighted by Gasteiger charge is -2.08. The van der Waals surface area contributed by atoms with E-state index in [1.54, 1.807) is 10.8 Å². The Hall–Kier alpha value is -2.08. The first-order chi connectivity index (χ1) is 13.1. The van der Waals surface area contributed by atoms with Crippen LogP contribution in [0.5, 0.6) is 5.75 Å². The average molecular weight is 441 g/mol.